The van der Waals surface area contributed by atoms with Crippen LogP contribution in [0.15, 0.2) is 0 Å². The molecule has 0 fully saturated rings. The van der Waals surface area contributed by atoms with Gasteiger partial charge in [0.15, 0.2) is 5.25 Å². The molecule has 0 amide bonds. The topological polar surface area (TPSA) is 70.0 Å². The lowest BCUT2D eigenvalue weighted by Gasteiger charge is -2.10. The summed E-state index contributed by atoms with van der Waals surface area (Å²) in [6.07, 6.45) is 10.6. The third kappa shape index (κ3) is 9.33. The van der Waals surface area contributed by atoms with E-state index >= 15 is 0 Å². The second-order valence-corrected chi connectivity index (χ2v) is 7.27. The highest BCUT2D eigenvalue weighted by atomic mass is 32.2. The maximum Gasteiger partial charge on any atom is 0.227 e. The van der Waals surface area contributed by atoms with Gasteiger partial charge in [0.1, 0.15) is 0 Å². The van der Waals surface area contributed by atoms with Crippen LogP contribution in [0.4, 0.5) is 0 Å². The Morgan fingerprint density at radius 1 is 0.950 bits per heavy atom. The van der Waals surface area contributed by atoms with Gasteiger partial charge in [-0.15, -0.1) is 0 Å². The molecular weight excluding hydrogens is 272 g/mol. The molecule has 0 aromatic carbocycles. The second-order valence-electron chi connectivity index (χ2n) is 5.32. The summed E-state index contributed by atoms with van der Waals surface area (Å²) in [7, 11) is -3.45. The minimum absolute atomic E-state index is 0.406. The van der Waals surface area contributed by atoms with Gasteiger partial charge < -0.3 is 0 Å². The van der Waals surface area contributed by atoms with Crippen LogP contribution in [0.25, 0.3) is 0 Å². The van der Waals surface area contributed by atoms with Crippen LogP contribution in [0.1, 0.15) is 78.1 Å². The maximum atomic E-state index is 11.8. The van der Waals surface area contributed by atoms with Gasteiger partial charge in [0, 0.05) is 6.54 Å². The SMILES string of the molecule is CCCCCCCCCCNS(=O)(=O)C(C#N)CCC. The minimum atomic E-state index is -3.45. The Bertz CT molecular complexity index is 361. The molecule has 0 saturated carbocycles. The van der Waals surface area contributed by atoms with Gasteiger partial charge in [-0.05, 0) is 12.8 Å². The van der Waals surface area contributed by atoms with E-state index in [4.69, 9.17) is 5.26 Å². The normalized spacial score (nSPS) is 13.1. The highest BCUT2D eigenvalue weighted by molar-refractivity contribution is 7.90. The molecule has 0 aromatic rings. The Morgan fingerprint density at radius 3 is 2.00 bits per heavy atom. The highest BCUT2D eigenvalue weighted by Crippen LogP contribution is 2.09. The van der Waals surface area contributed by atoms with Crippen LogP contribution < -0.4 is 4.72 Å². The number of hydrogen-bond donors (Lipinski definition) is 1. The van der Waals surface area contributed by atoms with Crippen LogP contribution in [0.2, 0.25) is 0 Å². The lowest BCUT2D eigenvalue weighted by molar-refractivity contribution is 0.552. The molecule has 1 atom stereocenters. The van der Waals surface area contributed by atoms with Gasteiger partial charge >= 0.3 is 0 Å². The van der Waals surface area contributed by atoms with Gasteiger partial charge in [-0.2, -0.15) is 5.26 Å². The van der Waals surface area contributed by atoms with Crippen molar-refractivity contribution >= 4 is 10.0 Å². The summed E-state index contributed by atoms with van der Waals surface area (Å²) in [6, 6.07) is 1.87. The highest BCUT2D eigenvalue weighted by Gasteiger charge is 2.23. The lowest BCUT2D eigenvalue weighted by atomic mass is 10.1. The van der Waals surface area contributed by atoms with Crippen molar-refractivity contribution in [1.82, 2.24) is 4.72 Å². The standard InChI is InChI=1S/C15H30N2O2S/c1-3-5-6-7-8-9-10-11-13-17-20(18,19)15(14-16)12-4-2/h15,17H,3-13H2,1-2H3. The molecule has 0 bridgehead atoms. The monoisotopic (exact) mass is 302 g/mol. The minimum Gasteiger partial charge on any atom is -0.214 e. The Morgan fingerprint density at radius 2 is 1.50 bits per heavy atom. The van der Waals surface area contributed by atoms with Crippen molar-refractivity contribution in [2.45, 2.75) is 83.3 Å². The summed E-state index contributed by atoms with van der Waals surface area (Å²) < 4.78 is 26.2. The largest absolute Gasteiger partial charge is 0.227 e. The van der Waals surface area contributed by atoms with Crippen LogP contribution in [0.3, 0.4) is 0 Å². The van der Waals surface area contributed by atoms with Crippen LogP contribution >= 0.6 is 0 Å². The molecule has 4 nitrogen and oxygen atoms in total. The quantitative estimate of drug-likeness (QED) is 0.527. The lowest BCUT2D eigenvalue weighted by Crippen LogP contribution is -2.34. The Kier molecular flexibility index (Phi) is 11.8. The van der Waals surface area contributed by atoms with Crippen LogP contribution in [0, 0.1) is 11.3 Å². The van der Waals surface area contributed by atoms with E-state index in [0.717, 1.165) is 12.8 Å². The predicted molar refractivity (Wildman–Crippen MR) is 83.8 cm³/mol. The van der Waals surface area contributed by atoms with Crippen molar-refractivity contribution in [2.24, 2.45) is 0 Å². The second kappa shape index (κ2) is 12.2. The molecule has 1 unspecified atom stereocenters. The van der Waals surface area contributed by atoms with Crippen molar-refractivity contribution in [1.29, 1.82) is 5.26 Å². The molecule has 0 spiro atoms. The number of rotatable bonds is 13. The molecule has 1 N–H and O–H groups in total. The summed E-state index contributed by atoms with van der Waals surface area (Å²) >= 11 is 0. The van der Waals surface area contributed by atoms with Gasteiger partial charge in [0.05, 0.1) is 6.07 Å². The summed E-state index contributed by atoms with van der Waals surface area (Å²) in [5.41, 5.74) is 0. The van der Waals surface area contributed by atoms with E-state index in [1.807, 2.05) is 13.0 Å². The molecule has 20 heavy (non-hydrogen) atoms. The number of nitrogens with zero attached hydrogens (tertiary/aromatic N) is 1. The van der Waals surface area contributed by atoms with Crippen molar-refractivity contribution < 1.29 is 8.42 Å². The third-order valence-electron chi connectivity index (χ3n) is 3.40. The van der Waals surface area contributed by atoms with E-state index in [9.17, 15) is 8.42 Å². The zero-order valence-corrected chi connectivity index (χ0v) is 13.8. The van der Waals surface area contributed by atoms with E-state index in [1.54, 1.807) is 0 Å². The molecule has 0 aliphatic carbocycles. The molecular formula is C15H30N2O2S. The van der Waals surface area contributed by atoms with Gasteiger partial charge in [-0.25, -0.2) is 13.1 Å². The number of nitriles is 1. The fraction of sp³-hybridized carbons (Fsp3) is 0.933. The van der Waals surface area contributed by atoms with Gasteiger partial charge in [0.2, 0.25) is 10.0 Å². The molecule has 0 radical (unpaired) electrons. The zero-order chi connectivity index (χ0) is 15.3. The van der Waals surface area contributed by atoms with Crippen LogP contribution in [-0.4, -0.2) is 20.2 Å². The first kappa shape index (κ1) is 19.4. The Hall–Kier alpha value is -0.600. The smallest absolute Gasteiger partial charge is 0.214 e. The predicted octanol–water partition coefficient (Wildman–Crippen LogP) is 3.74. The van der Waals surface area contributed by atoms with Gasteiger partial charge in [0.25, 0.3) is 0 Å². The van der Waals surface area contributed by atoms with Crippen molar-refractivity contribution in [3.8, 4) is 6.07 Å². The first-order chi connectivity index (χ1) is 9.58. The van der Waals surface area contributed by atoms with Crippen molar-refractivity contribution in [3.63, 3.8) is 0 Å². The van der Waals surface area contributed by atoms with Crippen molar-refractivity contribution in [2.75, 3.05) is 6.54 Å². The molecule has 0 saturated heterocycles. The summed E-state index contributed by atoms with van der Waals surface area (Å²) in [4.78, 5) is 0. The summed E-state index contributed by atoms with van der Waals surface area (Å²) in [6.45, 7) is 4.55. The van der Waals surface area contributed by atoms with Crippen LogP contribution in [-0.2, 0) is 10.0 Å². The molecule has 0 rings (SSSR count). The summed E-state index contributed by atoms with van der Waals surface area (Å²) in [5, 5.41) is 7.97. The first-order valence-electron chi connectivity index (χ1n) is 7.96. The Labute approximate surface area is 125 Å². The van der Waals surface area contributed by atoms with Gasteiger partial charge in [-0.3, -0.25) is 0 Å². The number of unbranched alkanes of at least 4 members (excludes halogenated alkanes) is 7. The molecule has 0 aliphatic rings. The van der Waals surface area contributed by atoms with E-state index in [1.165, 1.54) is 38.5 Å². The molecule has 0 heterocycles. The van der Waals surface area contributed by atoms with Crippen LogP contribution in [0.5, 0.6) is 0 Å². The molecule has 5 heteroatoms. The molecule has 0 aliphatic heterocycles. The van der Waals surface area contributed by atoms with Gasteiger partial charge in [-0.1, -0.05) is 65.2 Å². The average Bonchev–Trinajstić information content (AvgIpc) is 2.42. The molecule has 118 valence electrons. The maximum absolute atomic E-state index is 11.8. The number of sulfonamides is 1. The zero-order valence-electron chi connectivity index (χ0n) is 13.0. The van der Waals surface area contributed by atoms with E-state index < -0.39 is 15.3 Å². The fourth-order valence-corrected chi connectivity index (χ4v) is 3.44. The van der Waals surface area contributed by atoms with Crippen molar-refractivity contribution in [3.05, 3.63) is 0 Å². The Balaban J connectivity index is 3.66. The third-order valence-corrected chi connectivity index (χ3v) is 5.10. The molecule has 0 aromatic heterocycles. The van der Waals surface area contributed by atoms with E-state index in [-0.39, 0.29) is 0 Å². The number of nitrogens with one attached hydrogen (secondary N) is 1. The number of hydrogen-bond acceptors (Lipinski definition) is 3. The van der Waals surface area contributed by atoms with E-state index in [2.05, 4.69) is 11.6 Å². The first-order valence-corrected chi connectivity index (χ1v) is 9.51. The summed E-state index contributed by atoms with van der Waals surface area (Å²) in [5.74, 6) is 0. The average molecular weight is 302 g/mol. The fourth-order valence-electron chi connectivity index (χ4n) is 2.13. The van der Waals surface area contributed by atoms with E-state index in [0.29, 0.717) is 19.4 Å².